The number of hydrogen-bond acceptors (Lipinski definition) is 3. The van der Waals surface area contributed by atoms with Gasteiger partial charge in [-0.2, -0.15) is 5.10 Å². The van der Waals surface area contributed by atoms with Crippen LogP contribution in [0.2, 0.25) is 5.02 Å². The van der Waals surface area contributed by atoms with Gasteiger partial charge in [0.15, 0.2) is 0 Å². The summed E-state index contributed by atoms with van der Waals surface area (Å²) >= 11 is 6.07. The van der Waals surface area contributed by atoms with Crippen molar-refractivity contribution < 1.29 is 14.7 Å². The molecule has 1 atom stereocenters. The van der Waals surface area contributed by atoms with Gasteiger partial charge in [0.25, 0.3) is 5.91 Å². The Morgan fingerprint density at radius 2 is 2.12 bits per heavy atom. The number of aromatic nitrogens is 2. The highest BCUT2D eigenvalue weighted by molar-refractivity contribution is 6.30. The van der Waals surface area contributed by atoms with Crippen LogP contribution in [0.1, 0.15) is 42.2 Å². The third kappa shape index (κ3) is 3.39. The van der Waals surface area contributed by atoms with E-state index in [4.69, 9.17) is 16.7 Å². The minimum atomic E-state index is -0.853. The number of nitrogens with zero attached hydrogens (tertiary/aromatic N) is 3. The van der Waals surface area contributed by atoms with Crippen LogP contribution in [-0.4, -0.2) is 44.8 Å². The van der Waals surface area contributed by atoms with Gasteiger partial charge in [0.1, 0.15) is 0 Å². The van der Waals surface area contributed by atoms with Gasteiger partial charge >= 0.3 is 5.97 Å². The molecule has 1 saturated heterocycles. The fraction of sp³-hybridized carbons (Fsp3) is 0.389. The normalized spacial score (nSPS) is 17.3. The first-order chi connectivity index (χ1) is 11.9. The zero-order valence-corrected chi connectivity index (χ0v) is 14.9. The number of likely N-dealkylation sites (tertiary alicyclic amines) is 1. The monoisotopic (exact) mass is 361 g/mol. The van der Waals surface area contributed by atoms with E-state index in [2.05, 4.69) is 5.10 Å². The van der Waals surface area contributed by atoms with Crippen LogP contribution < -0.4 is 0 Å². The van der Waals surface area contributed by atoms with Gasteiger partial charge in [-0.15, -0.1) is 0 Å². The van der Waals surface area contributed by atoms with E-state index in [1.807, 2.05) is 26.0 Å². The zero-order chi connectivity index (χ0) is 18.1. The molecule has 2 aromatic rings. The molecule has 1 unspecified atom stereocenters. The molecule has 0 aliphatic carbocycles. The van der Waals surface area contributed by atoms with Gasteiger partial charge in [0.2, 0.25) is 0 Å². The lowest BCUT2D eigenvalue weighted by atomic mass is 10.0. The van der Waals surface area contributed by atoms with E-state index in [1.54, 1.807) is 27.9 Å². The fourth-order valence-electron chi connectivity index (χ4n) is 3.21. The Bertz CT molecular complexity index is 816. The number of amides is 1. The second-order valence-corrected chi connectivity index (χ2v) is 7.00. The molecule has 25 heavy (non-hydrogen) atoms. The Morgan fingerprint density at radius 3 is 2.72 bits per heavy atom. The molecule has 1 amide bonds. The molecule has 6 nitrogen and oxygen atoms in total. The zero-order valence-electron chi connectivity index (χ0n) is 14.1. The van der Waals surface area contributed by atoms with Crippen LogP contribution in [0.3, 0.4) is 0 Å². The SMILES string of the molecule is CC(C)c1c(C(=O)N2CCC(C(=O)O)C2)cnn1-c1cccc(Cl)c1. The number of carboxylic acid groups (broad SMARTS) is 1. The largest absolute Gasteiger partial charge is 0.481 e. The maximum atomic E-state index is 12.9. The first-order valence-electron chi connectivity index (χ1n) is 8.24. The molecular formula is C18H20ClN3O3. The molecule has 1 aromatic carbocycles. The first kappa shape index (κ1) is 17.5. The van der Waals surface area contributed by atoms with Gasteiger partial charge in [-0.25, -0.2) is 4.68 Å². The summed E-state index contributed by atoms with van der Waals surface area (Å²) in [7, 11) is 0. The highest BCUT2D eigenvalue weighted by Gasteiger charge is 2.33. The summed E-state index contributed by atoms with van der Waals surface area (Å²) in [5, 5.41) is 14.1. The van der Waals surface area contributed by atoms with Crippen molar-refractivity contribution in [1.29, 1.82) is 0 Å². The standard InChI is InChI=1S/C18H20ClN3O3/c1-11(2)16-15(17(23)21-7-6-12(10-21)18(24)25)9-20-22(16)14-5-3-4-13(19)8-14/h3-5,8-9,11-12H,6-7,10H2,1-2H3,(H,24,25). The predicted molar refractivity (Wildman–Crippen MR) is 94.3 cm³/mol. The van der Waals surface area contributed by atoms with Gasteiger partial charge < -0.3 is 10.0 Å². The molecule has 7 heteroatoms. The lowest BCUT2D eigenvalue weighted by Crippen LogP contribution is -2.30. The second-order valence-electron chi connectivity index (χ2n) is 6.56. The molecule has 0 radical (unpaired) electrons. The van der Waals surface area contributed by atoms with Crippen LogP contribution in [0.15, 0.2) is 30.5 Å². The molecule has 1 aromatic heterocycles. The molecule has 1 aliphatic rings. The Morgan fingerprint density at radius 1 is 1.36 bits per heavy atom. The summed E-state index contributed by atoms with van der Waals surface area (Å²) in [5.41, 5.74) is 2.10. The average Bonchev–Trinajstić information content (AvgIpc) is 3.21. The number of halogens is 1. The second kappa shape index (κ2) is 6.88. The maximum absolute atomic E-state index is 12.9. The minimum absolute atomic E-state index is 0.0679. The van der Waals surface area contributed by atoms with Crippen molar-refractivity contribution in [2.75, 3.05) is 13.1 Å². The van der Waals surface area contributed by atoms with Crippen LogP contribution >= 0.6 is 11.6 Å². The molecule has 3 rings (SSSR count). The predicted octanol–water partition coefficient (Wildman–Crippen LogP) is 3.20. The van der Waals surface area contributed by atoms with Crippen molar-refractivity contribution >= 4 is 23.5 Å². The smallest absolute Gasteiger partial charge is 0.308 e. The lowest BCUT2D eigenvalue weighted by Gasteiger charge is -2.18. The van der Waals surface area contributed by atoms with Gasteiger partial charge in [-0.05, 0) is 30.5 Å². The van der Waals surface area contributed by atoms with E-state index < -0.39 is 11.9 Å². The van der Waals surface area contributed by atoms with Gasteiger partial charge in [-0.3, -0.25) is 9.59 Å². The summed E-state index contributed by atoms with van der Waals surface area (Å²) in [6.45, 7) is 4.70. The molecule has 0 spiro atoms. The molecule has 0 saturated carbocycles. The molecule has 0 bridgehead atoms. The van der Waals surface area contributed by atoms with E-state index in [0.717, 1.165) is 11.4 Å². The summed E-state index contributed by atoms with van der Waals surface area (Å²) < 4.78 is 1.73. The molecule has 1 fully saturated rings. The number of carbonyl (C=O) groups excluding carboxylic acids is 1. The quantitative estimate of drug-likeness (QED) is 0.907. The molecular weight excluding hydrogens is 342 g/mol. The number of hydrogen-bond donors (Lipinski definition) is 1. The van der Waals surface area contributed by atoms with Crippen molar-refractivity contribution in [2.45, 2.75) is 26.2 Å². The third-order valence-corrected chi connectivity index (χ3v) is 4.70. The summed E-state index contributed by atoms with van der Waals surface area (Å²) in [6.07, 6.45) is 2.05. The Balaban J connectivity index is 1.95. The van der Waals surface area contributed by atoms with Crippen molar-refractivity contribution in [3.63, 3.8) is 0 Å². The highest BCUT2D eigenvalue weighted by Crippen LogP contribution is 2.27. The van der Waals surface area contributed by atoms with Crippen molar-refractivity contribution in [3.05, 3.63) is 46.7 Å². The average molecular weight is 362 g/mol. The maximum Gasteiger partial charge on any atom is 0.308 e. The number of carbonyl (C=O) groups is 2. The van der Waals surface area contributed by atoms with Gasteiger partial charge in [0, 0.05) is 18.1 Å². The number of aliphatic carboxylic acids is 1. The van der Waals surface area contributed by atoms with E-state index in [9.17, 15) is 9.59 Å². The van der Waals surface area contributed by atoms with Crippen molar-refractivity contribution in [1.82, 2.24) is 14.7 Å². The van der Waals surface area contributed by atoms with Crippen molar-refractivity contribution in [2.24, 2.45) is 5.92 Å². The summed E-state index contributed by atoms with van der Waals surface area (Å²) in [5.74, 6) is -1.44. The van der Waals surface area contributed by atoms with Crippen LogP contribution in [0.4, 0.5) is 0 Å². The molecule has 2 heterocycles. The van der Waals surface area contributed by atoms with Gasteiger partial charge in [-0.1, -0.05) is 31.5 Å². The van der Waals surface area contributed by atoms with Crippen LogP contribution in [0.5, 0.6) is 0 Å². The van der Waals surface area contributed by atoms with Crippen LogP contribution in [0.25, 0.3) is 5.69 Å². The Labute approximate surface area is 151 Å². The molecule has 1 aliphatic heterocycles. The molecule has 132 valence electrons. The number of carboxylic acids is 1. The summed E-state index contributed by atoms with van der Waals surface area (Å²) in [6, 6.07) is 7.30. The lowest BCUT2D eigenvalue weighted by molar-refractivity contribution is -0.141. The summed E-state index contributed by atoms with van der Waals surface area (Å²) in [4.78, 5) is 25.6. The first-order valence-corrected chi connectivity index (χ1v) is 8.62. The van der Waals surface area contributed by atoms with Crippen LogP contribution in [0, 0.1) is 5.92 Å². The van der Waals surface area contributed by atoms with Crippen LogP contribution in [-0.2, 0) is 4.79 Å². The molecule has 1 N–H and O–H groups in total. The third-order valence-electron chi connectivity index (χ3n) is 4.46. The Hall–Kier alpha value is -2.34. The van der Waals surface area contributed by atoms with E-state index >= 15 is 0 Å². The topological polar surface area (TPSA) is 75.4 Å². The van der Waals surface area contributed by atoms with E-state index in [0.29, 0.717) is 23.6 Å². The van der Waals surface area contributed by atoms with E-state index in [-0.39, 0.29) is 18.4 Å². The fourth-order valence-corrected chi connectivity index (χ4v) is 3.39. The minimum Gasteiger partial charge on any atom is -0.481 e. The Kier molecular flexibility index (Phi) is 4.81. The number of benzene rings is 1. The van der Waals surface area contributed by atoms with Crippen molar-refractivity contribution in [3.8, 4) is 5.69 Å². The number of rotatable bonds is 4. The van der Waals surface area contributed by atoms with E-state index in [1.165, 1.54) is 0 Å². The van der Waals surface area contributed by atoms with Gasteiger partial charge in [0.05, 0.1) is 29.1 Å². The highest BCUT2D eigenvalue weighted by atomic mass is 35.5.